The van der Waals surface area contributed by atoms with Crippen LogP contribution in [0.4, 0.5) is 0 Å². The van der Waals surface area contributed by atoms with Crippen LogP contribution in [0.1, 0.15) is 22.8 Å². The molecule has 0 aliphatic heterocycles. The SMILES string of the molecule is C/C=C/C=C/C(=O)c1ccc(O)c(C)c1O. The van der Waals surface area contributed by atoms with Crippen LogP contribution < -0.4 is 0 Å². The third kappa shape index (κ3) is 2.51. The molecule has 0 fully saturated rings. The summed E-state index contributed by atoms with van der Waals surface area (Å²) in [5, 5.41) is 19.0. The summed E-state index contributed by atoms with van der Waals surface area (Å²) in [5.74, 6) is -0.486. The average molecular weight is 218 g/mol. The van der Waals surface area contributed by atoms with Gasteiger partial charge in [0.05, 0.1) is 5.56 Å². The van der Waals surface area contributed by atoms with Crippen LogP contribution in [-0.2, 0) is 0 Å². The molecule has 0 atom stereocenters. The molecule has 0 amide bonds. The number of hydrogen-bond acceptors (Lipinski definition) is 3. The van der Waals surface area contributed by atoms with E-state index in [1.165, 1.54) is 18.2 Å². The average Bonchev–Trinajstić information content (AvgIpc) is 2.26. The van der Waals surface area contributed by atoms with E-state index in [2.05, 4.69) is 0 Å². The molecule has 1 rings (SSSR count). The van der Waals surface area contributed by atoms with Gasteiger partial charge in [0.2, 0.25) is 0 Å². The van der Waals surface area contributed by atoms with Gasteiger partial charge in [-0.05, 0) is 32.1 Å². The Morgan fingerprint density at radius 1 is 1.25 bits per heavy atom. The van der Waals surface area contributed by atoms with Gasteiger partial charge < -0.3 is 10.2 Å². The van der Waals surface area contributed by atoms with E-state index in [1.807, 2.05) is 6.92 Å². The maximum absolute atomic E-state index is 11.6. The number of carbonyl (C=O) groups excluding carboxylic acids is 1. The molecule has 0 saturated heterocycles. The number of ketones is 1. The van der Waals surface area contributed by atoms with E-state index >= 15 is 0 Å². The van der Waals surface area contributed by atoms with Gasteiger partial charge in [0.15, 0.2) is 5.78 Å². The Morgan fingerprint density at radius 3 is 2.56 bits per heavy atom. The monoisotopic (exact) mass is 218 g/mol. The molecule has 0 bridgehead atoms. The summed E-state index contributed by atoms with van der Waals surface area (Å²) < 4.78 is 0. The molecule has 3 nitrogen and oxygen atoms in total. The number of phenolic OH excluding ortho intramolecular Hbond substituents is 2. The summed E-state index contributed by atoms with van der Waals surface area (Å²) in [6.45, 7) is 3.40. The summed E-state index contributed by atoms with van der Waals surface area (Å²) >= 11 is 0. The van der Waals surface area contributed by atoms with Crippen LogP contribution in [0.15, 0.2) is 36.4 Å². The van der Waals surface area contributed by atoms with Crippen LogP contribution in [0.2, 0.25) is 0 Å². The number of allylic oxidation sites excluding steroid dienone is 4. The van der Waals surface area contributed by atoms with Crippen molar-refractivity contribution < 1.29 is 15.0 Å². The van der Waals surface area contributed by atoms with Gasteiger partial charge in [-0.2, -0.15) is 0 Å². The Bertz CT molecular complexity index is 456. The zero-order valence-electron chi connectivity index (χ0n) is 9.27. The highest BCUT2D eigenvalue weighted by atomic mass is 16.3. The molecule has 16 heavy (non-hydrogen) atoms. The summed E-state index contributed by atoms with van der Waals surface area (Å²) in [6, 6.07) is 2.80. The molecule has 0 aliphatic rings. The van der Waals surface area contributed by atoms with E-state index in [1.54, 1.807) is 25.2 Å². The second kappa shape index (κ2) is 5.16. The summed E-state index contributed by atoms with van der Waals surface area (Å²) in [6.07, 6.45) is 6.49. The Hall–Kier alpha value is -2.03. The number of rotatable bonds is 3. The van der Waals surface area contributed by atoms with E-state index in [-0.39, 0.29) is 22.8 Å². The predicted molar refractivity (Wildman–Crippen MR) is 62.8 cm³/mol. The highest BCUT2D eigenvalue weighted by Gasteiger charge is 2.12. The molecule has 84 valence electrons. The maximum Gasteiger partial charge on any atom is 0.189 e. The van der Waals surface area contributed by atoms with Crippen LogP contribution in [0.25, 0.3) is 0 Å². The molecule has 0 saturated carbocycles. The standard InChI is InChI=1S/C13H14O3/c1-3-4-5-6-12(15)10-7-8-11(14)9(2)13(10)16/h3-8,14,16H,1-2H3/b4-3+,6-5+. The van der Waals surface area contributed by atoms with E-state index in [9.17, 15) is 15.0 Å². The summed E-state index contributed by atoms with van der Waals surface area (Å²) in [7, 11) is 0. The molecular formula is C13H14O3. The fourth-order valence-corrected chi connectivity index (χ4v) is 1.23. The Labute approximate surface area is 94.4 Å². The highest BCUT2D eigenvalue weighted by Crippen LogP contribution is 2.29. The largest absolute Gasteiger partial charge is 0.508 e. The highest BCUT2D eigenvalue weighted by molar-refractivity contribution is 6.07. The van der Waals surface area contributed by atoms with Crippen LogP contribution in [0, 0.1) is 6.92 Å². The number of benzene rings is 1. The van der Waals surface area contributed by atoms with E-state index in [0.29, 0.717) is 5.56 Å². The fraction of sp³-hybridized carbons (Fsp3) is 0.154. The Morgan fingerprint density at radius 2 is 1.94 bits per heavy atom. The normalized spacial score (nSPS) is 11.4. The van der Waals surface area contributed by atoms with Crippen molar-refractivity contribution in [3.63, 3.8) is 0 Å². The zero-order chi connectivity index (χ0) is 12.1. The van der Waals surface area contributed by atoms with Gasteiger partial charge in [0, 0.05) is 5.56 Å². The minimum Gasteiger partial charge on any atom is -0.508 e. The van der Waals surface area contributed by atoms with Crippen molar-refractivity contribution in [2.45, 2.75) is 13.8 Å². The second-order valence-corrected chi connectivity index (χ2v) is 3.36. The van der Waals surface area contributed by atoms with Crippen molar-refractivity contribution in [2.75, 3.05) is 0 Å². The molecule has 1 aromatic rings. The lowest BCUT2D eigenvalue weighted by molar-refractivity contribution is 0.104. The van der Waals surface area contributed by atoms with Gasteiger partial charge in [-0.1, -0.05) is 18.2 Å². The lowest BCUT2D eigenvalue weighted by Gasteiger charge is -2.05. The first-order valence-corrected chi connectivity index (χ1v) is 4.93. The van der Waals surface area contributed by atoms with Gasteiger partial charge in [0.1, 0.15) is 11.5 Å². The number of aromatic hydroxyl groups is 2. The molecular weight excluding hydrogens is 204 g/mol. The lowest BCUT2D eigenvalue weighted by atomic mass is 10.0. The first kappa shape index (κ1) is 12.0. The molecule has 0 aliphatic carbocycles. The van der Waals surface area contributed by atoms with Gasteiger partial charge in [-0.25, -0.2) is 0 Å². The first-order valence-electron chi connectivity index (χ1n) is 4.93. The third-order valence-corrected chi connectivity index (χ3v) is 2.22. The van der Waals surface area contributed by atoms with E-state index in [0.717, 1.165) is 0 Å². The van der Waals surface area contributed by atoms with Crippen molar-refractivity contribution in [1.82, 2.24) is 0 Å². The molecule has 0 spiro atoms. The zero-order valence-corrected chi connectivity index (χ0v) is 9.27. The van der Waals surface area contributed by atoms with Crippen molar-refractivity contribution in [1.29, 1.82) is 0 Å². The Balaban J connectivity index is 3.06. The molecule has 0 heterocycles. The van der Waals surface area contributed by atoms with Crippen LogP contribution >= 0.6 is 0 Å². The van der Waals surface area contributed by atoms with Crippen molar-refractivity contribution in [2.24, 2.45) is 0 Å². The smallest absolute Gasteiger partial charge is 0.189 e. The van der Waals surface area contributed by atoms with Crippen molar-refractivity contribution in [3.05, 3.63) is 47.6 Å². The maximum atomic E-state index is 11.6. The molecule has 0 radical (unpaired) electrons. The van der Waals surface area contributed by atoms with Crippen LogP contribution in [0.5, 0.6) is 11.5 Å². The number of carbonyl (C=O) groups is 1. The van der Waals surface area contributed by atoms with E-state index < -0.39 is 0 Å². The Kier molecular flexibility index (Phi) is 3.89. The minimum absolute atomic E-state index is 0.0218. The predicted octanol–water partition coefficient (Wildman–Crippen LogP) is 2.72. The fourth-order valence-electron chi connectivity index (χ4n) is 1.23. The molecule has 2 N–H and O–H groups in total. The molecule has 0 aromatic heterocycles. The summed E-state index contributed by atoms with van der Waals surface area (Å²) in [4.78, 5) is 11.6. The van der Waals surface area contributed by atoms with Gasteiger partial charge in [-0.3, -0.25) is 4.79 Å². The van der Waals surface area contributed by atoms with Gasteiger partial charge in [0.25, 0.3) is 0 Å². The van der Waals surface area contributed by atoms with Crippen molar-refractivity contribution >= 4 is 5.78 Å². The van der Waals surface area contributed by atoms with Crippen molar-refractivity contribution in [3.8, 4) is 11.5 Å². The minimum atomic E-state index is -0.293. The lowest BCUT2D eigenvalue weighted by Crippen LogP contribution is -1.96. The van der Waals surface area contributed by atoms with Gasteiger partial charge in [-0.15, -0.1) is 0 Å². The second-order valence-electron chi connectivity index (χ2n) is 3.36. The van der Waals surface area contributed by atoms with Gasteiger partial charge >= 0.3 is 0 Å². The van der Waals surface area contributed by atoms with Crippen LogP contribution in [0.3, 0.4) is 0 Å². The molecule has 1 aromatic carbocycles. The molecule has 3 heteroatoms. The number of phenols is 2. The quantitative estimate of drug-likeness (QED) is 0.466. The topological polar surface area (TPSA) is 57.5 Å². The van der Waals surface area contributed by atoms with Crippen LogP contribution in [-0.4, -0.2) is 16.0 Å². The molecule has 0 unspecified atom stereocenters. The summed E-state index contributed by atoms with van der Waals surface area (Å²) in [5.41, 5.74) is 0.501. The first-order chi connectivity index (χ1) is 7.57. The number of hydrogen-bond donors (Lipinski definition) is 2. The van der Waals surface area contributed by atoms with E-state index in [4.69, 9.17) is 0 Å². The third-order valence-electron chi connectivity index (χ3n) is 2.22.